The van der Waals surface area contributed by atoms with Crippen molar-refractivity contribution in [3.05, 3.63) is 11.4 Å². The van der Waals surface area contributed by atoms with Gasteiger partial charge < -0.3 is 10.6 Å². The molecule has 1 atom stereocenters. The number of nitrogens with one attached hydrogen (secondary N) is 3. The van der Waals surface area contributed by atoms with Gasteiger partial charge >= 0.3 is 0 Å². The molecule has 0 radical (unpaired) electrons. The van der Waals surface area contributed by atoms with Crippen LogP contribution in [0.3, 0.4) is 0 Å². The van der Waals surface area contributed by atoms with Crippen LogP contribution in [0.4, 0.5) is 0 Å². The Labute approximate surface area is 59.4 Å². The van der Waals surface area contributed by atoms with E-state index in [1.54, 1.807) is 6.34 Å². The number of allylic oxidation sites excluding steroid dienone is 1. The van der Waals surface area contributed by atoms with Gasteiger partial charge in [-0.1, -0.05) is 0 Å². The maximum atomic E-state index is 4.11. The Morgan fingerprint density at radius 3 is 3.40 bits per heavy atom. The van der Waals surface area contributed by atoms with Crippen molar-refractivity contribution in [2.45, 2.75) is 13.1 Å². The molecule has 4 heteroatoms. The Hall–Kier alpha value is -1.03. The molecular weight excluding hydrogens is 128 g/mol. The third-order valence-electron chi connectivity index (χ3n) is 1.76. The monoisotopic (exact) mass is 138 g/mol. The van der Waals surface area contributed by atoms with E-state index in [1.165, 1.54) is 5.70 Å². The second-order valence-corrected chi connectivity index (χ2v) is 2.41. The molecule has 54 valence electrons. The summed E-state index contributed by atoms with van der Waals surface area (Å²) in [5.41, 5.74) is 2.23. The Balaban J connectivity index is 2.32. The minimum atomic E-state index is 0.262. The van der Waals surface area contributed by atoms with E-state index in [-0.39, 0.29) is 6.17 Å². The van der Waals surface area contributed by atoms with Gasteiger partial charge in [0.2, 0.25) is 0 Å². The lowest BCUT2D eigenvalue weighted by atomic mass is 10.3. The molecule has 1 unspecified atom stereocenters. The van der Waals surface area contributed by atoms with Gasteiger partial charge in [-0.25, -0.2) is 4.99 Å². The Kier molecular flexibility index (Phi) is 1.14. The number of hydrogen-bond acceptors (Lipinski definition) is 4. The summed E-state index contributed by atoms with van der Waals surface area (Å²) in [4.78, 5) is 4.11. The molecule has 2 aliphatic heterocycles. The van der Waals surface area contributed by atoms with Gasteiger partial charge in [0.15, 0.2) is 0 Å². The van der Waals surface area contributed by atoms with Crippen LogP contribution in [0, 0.1) is 0 Å². The van der Waals surface area contributed by atoms with Crippen molar-refractivity contribution in [3.8, 4) is 0 Å². The fraction of sp³-hybridized carbons (Fsp3) is 0.500. The molecule has 1 fully saturated rings. The van der Waals surface area contributed by atoms with Gasteiger partial charge in [-0.2, -0.15) is 0 Å². The lowest BCUT2D eigenvalue weighted by molar-refractivity contribution is 0.625. The second kappa shape index (κ2) is 1.98. The van der Waals surface area contributed by atoms with E-state index in [4.69, 9.17) is 0 Å². The molecule has 0 aliphatic carbocycles. The van der Waals surface area contributed by atoms with Crippen LogP contribution in [-0.2, 0) is 0 Å². The predicted molar refractivity (Wildman–Crippen MR) is 39.3 cm³/mol. The van der Waals surface area contributed by atoms with Crippen LogP contribution in [0.25, 0.3) is 0 Å². The van der Waals surface area contributed by atoms with Crippen molar-refractivity contribution in [3.63, 3.8) is 0 Å². The first-order valence-electron chi connectivity index (χ1n) is 3.34. The van der Waals surface area contributed by atoms with Gasteiger partial charge in [0.1, 0.15) is 6.17 Å². The molecule has 2 rings (SSSR count). The molecule has 4 nitrogen and oxygen atoms in total. The molecule has 0 aromatic rings. The van der Waals surface area contributed by atoms with Gasteiger partial charge in [-0.15, -0.1) is 0 Å². The van der Waals surface area contributed by atoms with E-state index in [1.807, 2.05) is 6.92 Å². The molecule has 2 aliphatic rings. The molecule has 0 aromatic carbocycles. The summed E-state index contributed by atoms with van der Waals surface area (Å²) >= 11 is 0. The molecule has 0 spiro atoms. The summed E-state index contributed by atoms with van der Waals surface area (Å²) in [6.07, 6.45) is 1.99. The van der Waals surface area contributed by atoms with Crippen molar-refractivity contribution in [2.75, 3.05) is 6.67 Å². The van der Waals surface area contributed by atoms with Gasteiger partial charge in [-0.3, -0.25) is 5.32 Å². The van der Waals surface area contributed by atoms with Crippen LogP contribution in [0.5, 0.6) is 0 Å². The maximum absolute atomic E-state index is 4.11. The Bertz CT molecular complexity index is 206. The predicted octanol–water partition coefficient (Wildman–Crippen LogP) is -0.674. The lowest BCUT2D eigenvalue weighted by Crippen LogP contribution is -2.39. The molecule has 0 amide bonds. The summed E-state index contributed by atoms with van der Waals surface area (Å²) in [5.74, 6) is 0. The van der Waals surface area contributed by atoms with Crippen LogP contribution < -0.4 is 16.0 Å². The molecular formula is C6H10N4. The first-order valence-corrected chi connectivity index (χ1v) is 3.34. The molecule has 1 saturated heterocycles. The smallest absolute Gasteiger partial charge is 0.122 e. The van der Waals surface area contributed by atoms with Crippen LogP contribution in [0.2, 0.25) is 0 Å². The highest BCUT2D eigenvalue weighted by molar-refractivity contribution is 5.60. The topological polar surface area (TPSA) is 48.4 Å². The first kappa shape index (κ1) is 5.73. The number of hydrogen-bond donors (Lipinski definition) is 3. The van der Waals surface area contributed by atoms with Crippen molar-refractivity contribution >= 4 is 6.34 Å². The summed E-state index contributed by atoms with van der Waals surface area (Å²) in [6.45, 7) is 2.83. The first-order chi connectivity index (χ1) is 4.88. The number of nitrogens with zero attached hydrogens (tertiary/aromatic N) is 1. The van der Waals surface area contributed by atoms with Crippen molar-refractivity contribution in [1.29, 1.82) is 0 Å². The second-order valence-electron chi connectivity index (χ2n) is 2.41. The molecule has 0 aromatic heterocycles. The number of rotatable bonds is 0. The number of fused-ring (bicyclic) bond motifs is 1. The van der Waals surface area contributed by atoms with Gasteiger partial charge in [0, 0.05) is 0 Å². The van der Waals surface area contributed by atoms with Crippen LogP contribution in [0.15, 0.2) is 16.4 Å². The average Bonchev–Trinajstić information content (AvgIpc) is 2.36. The SMILES string of the molecule is CC1=C2NCNC2NC=N1. The maximum Gasteiger partial charge on any atom is 0.122 e. The average molecular weight is 138 g/mol. The van der Waals surface area contributed by atoms with E-state index in [0.717, 1.165) is 12.4 Å². The van der Waals surface area contributed by atoms with Crippen LogP contribution in [-0.4, -0.2) is 19.2 Å². The van der Waals surface area contributed by atoms with Gasteiger partial charge in [0.05, 0.1) is 24.4 Å². The van der Waals surface area contributed by atoms with Gasteiger partial charge in [-0.05, 0) is 6.92 Å². The largest absolute Gasteiger partial charge is 0.371 e. The van der Waals surface area contributed by atoms with Crippen LogP contribution in [0.1, 0.15) is 6.92 Å². The van der Waals surface area contributed by atoms with E-state index in [2.05, 4.69) is 20.9 Å². The standard InChI is InChI=1S/C6H10N4/c1-4-5-6(9-2-7-4)10-3-8-5/h2,6,8,10H,3H2,1H3,(H,7,9). The highest BCUT2D eigenvalue weighted by Gasteiger charge is 2.22. The lowest BCUT2D eigenvalue weighted by Gasteiger charge is -2.16. The summed E-state index contributed by atoms with van der Waals surface area (Å²) < 4.78 is 0. The zero-order chi connectivity index (χ0) is 6.97. The fourth-order valence-corrected chi connectivity index (χ4v) is 1.21. The van der Waals surface area contributed by atoms with E-state index >= 15 is 0 Å². The zero-order valence-electron chi connectivity index (χ0n) is 5.81. The molecule has 2 heterocycles. The molecule has 0 saturated carbocycles. The Morgan fingerprint density at radius 2 is 2.60 bits per heavy atom. The molecule has 0 bridgehead atoms. The zero-order valence-corrected chi connectivity index (χ0v) is 5.81. The normalized spacial score (nSPS) is 29.5. The minimum absolute atomic E-state index is 0.262. The number of aliphatic imine (C=N–C) groups is 1. The highest BCUT2D eigenvalue weighted by Crippen LogP contribution is 2.11. The van der Waals surface area contributed by atoms with E-state index in [0.29, 0.717) is 0 Å². The van der Waals surface area contributed by atoms with Crippen molar-refractivity contribution in [2.24, 2.45) is 4.99 Å². The minimum Gasteiger partial charge on any atom is -0.371 e. The third kappa shape index (κ3) is 0.690. The molecule has 3 N–H and O–H groups in total. The van der Waals surface area contributed by atoms with Gasteiger partial charge in [0.25, 0.3) is 0 Å². The fourth-order valence-electron chi connectivity index (χ4n) is 1.21. The van der Waals surface area contributed by atoms with Crippen molar-refractivity contribution in [1.82, 2.24) is 16.0 Å². The molecule has 10 heavy (non-hydrogen) atoms. The third-order valence-corrected chi connectivity index (χ3v) is 1.76. The van der Waals surface area contributed by atoms with Crippen LogP contribution >= 0.6 is 0 Å². The van der Waals surface area contributed by atoms with E-state index < -0.39 is 0 Å². The summed E-state index contributed by atoms with van der Waals surface area (Å²) in [5, 5.41) is 9.51. The van der Waals surface area contributed by atoms with E-state index in [9.17, 15) is 0 Å². The van der Waals surface area contributed by atoms with Crippen molar-refractivity contribution < 1.29 is 0 Å². The summed E-state index contributed by atoms with van der Waals surface area (Å²) in [6, 6.07) is 0. The Morgan fingerprint density at radius 1 is 1.70 bits per heavy atom. The summed E-state index contributed by atoms with van der Waals surface area (Å²) in [7, 11) is 0. The highest BCUT2D eigenvalue weighted by atomic mass is 15.3. The quantitative estimate of drug-likeness (QED) is 0.416.